The number of amides is 1. The van der Waals surface area contributed by atoms with E-state index in [1.807, 2.05) is 31.2 Å². The van der Waals surface area contributed by atoms with Gasteiger partial charge in [0.25, 0.3) is 10.0 Å². The Kier molecular flexibility index (Phi) is 7.07. The second-order valence-corrected chi connectivity index (χ2v) is 9.83. The van der Waals surface area contributed by atoms with Gasteiger partial charge in [0.05, 0.1) is 16.3 Å². The third-order valence-corrected chi connectivity index (χ3v) is 7.15. The molecule has 0 aliphatic heterocycles. The molecule has 0 spiro atoms. The Hall–Kier alpha value is -2.48. The Morgan fingerprint density at radius 1 is 0.967 bits per heavy atom. The fourth-order valence-corrected chi connectivity index (χ4v) is 4.62. The summed E-state index contributed by atoms with van der Waals surface area (Å²) in [5, 5.41) is 3.26. The van der Waals surface area contributed by atoms with Crippen LogP contribution in [0.5, 0.6) is 0 Å². The van der Waals surface area contributed by atoms with Crippen molar-refractivity contribution in [3.8, 4) is 0 Å². The molecule has 0 heterocycles. The maximum atomic E-state index is 12.6. The van der Waals surface area contributed by atoms with Crippen LogP contribution in [-0.2, 0) is 14.8 Å². The number of sulfonamides is 1. The molecule has 0 aliphatic carbocycles. The van der Waals surface area contributed by atoms with E-state index >= 15 is 0 Å². The summed E-state index contributed by atoms with van der Waals surface area (Å²) >= 11 is 7.49. The fourth-order valence-electron chi connectivity index (χ4n) is 2.62. The van der Waals surface area contributed by atoms with E-state index in [4.69, 9.17) is 11.6 Å². The maximum Gasteiger partial charge on any atom is 0.261 e. The van der Waals surface area contributed by atoms with Crippen LogP contribution in [-0.4, -0.2) is 20.1 Å². The highest BCUT2D eigenvalue weighted by Crippen LogP contribution is 2.26. The third kappa shape index (κ3) is 5.78. The van der Waals surface area contributed by atoms with E-state index < -0.39 is 10.0 Å². The molecule has 0 unspecified atom stereocenters. The van der Waals surface area contributed by atoms with Crippen LogP contribution in [0.1, 0.15) is 11.1 Å². The van der Waals surface area contributed by atoms with Gasteiger partial charge in [0.1, 0.15) is 0 Å². The lowest BCUT2D eigenvalue weighted by atomic mass is 10.2. The van der Waals surface area contributed by atoms with E-state index in [1.54, 1.807) is 37.3 Å². The number of thioether (sulfide) groups is 1. The number of aryl methyl sites for hydroxylation is 1. The summed E-state index contributed by atoms with van der Waals surface area (Å²) in [6.45, 7) is 3.75. The Balaban J connectivity index is 1.61. The molecule has 3 rings (SSSR count). The molecule has 0 radical (unpaired) electrons. The van der Waals surface area contributed by atoms with Gasteiger partial charge < -0.3 is 5.32 Å². The molecule has 156 valence electrons. The summed E-state index contributed by atoms with van der Waals surface area (Å²) in [6.07, 6.45) is 0. The topological polar surface area (TPSA) is 75.3 Å². The van der Waals surface area contributed by atoms with Gasteiger partial charge in [0, 0.05) is 15.6 Å². The van der Waals surface area contributed by atoms with Crippen LogP contribution in [0.2, 0.25) is 5.02 Å². The Bertz CT molecular complexity index is 1150. The number of nitrogens with one attached hydrogen (secondary N) is 2. The van der Waals surface area contributed by atoms with Crippen molar-refractivity contribution in [3.05, 3.63) is 82.9 Å². The Labute approximate surface area is 185 Å². The van der Waals surface area contributed by atoms with Gasteiger partial charge >= 0.3 is 0 Å². The maximum absolute atomic E-state index is 12.6. The van der Waals surface area contributed by atoms with Gasteiger partial charge in [0.15, 0.2) is 0 Å². The van der Waals surface area contributed by atoms with E-state index in [0.29, 0.717) is 22.0 Å². The molecule has 0 atom stereocenters. The first-order valence-electron chi connectivity index (χ1n) is 9.12. The number of hydrogen-bond acceptors (Lipinski definition) is 4. The summed E-state index contributed by atoms with van der Waals surface area (Å²) in [7, 11) is -3.77. The number of carbonyl (C=O) groups excluding carboxylic acids is 1. The van der Waals surface area contributed by atoms with Crippen LogP contribution in [0, 0.1) is 13.8 Å². The largest absolute Gasteiger partial charge is 0.325 e. The lowest BCUT2D eigenvalue weighted by Crippen LogP contribution is -2.15. The summed E-state index contributed by atoms with van der Waals surface area (Å²) in [5.74, 6) is 0.0995. The standard InChI is InChI=1S/C22H21ClN2O3S2/c1-15-6-10-18(11-7-15)29-14-22(26)24-17-8-12-19(13-9-17)30(27,28)25-21-5-3-4-20(23)16(21)2/h3-13,25H,14H2,1-2H3,(H,24,26). The summed E-state index contributed by atoms with van der Waals surface area (Å²) in [4.78, 5) is 13.3. The summed E-state index contributed by atoms with van der Waals surface area (Å²) < 4.78 is 27.8. The third-order valence-electron chi connectivity index (χ3n) is 4.35. The molecule has 0 fully saturated rings. The highest BCUT2D eigenvalue weighted by molar-refractivity contribution is 8.00. The minimum Gasteiger partial charge on any atom is -0.325 e. The second kappa shape index (κ2) is 9.55. The molecule has 0 aromatic heterocycles. The molecule has 0 bridgehead atoms. The molecule has 8 heteroatoms. The van der Waals surface area contributed by atoms with Gasteiger partial charge in [-0.25, -0.2) is 8.42 Å². The van der Waals surface area contributed by atoms with Crippen molar-refractivity contribution >= 4 is 50.7 Å². The first-order chi connectivity index (χ1) is 14.2. The minimum atomic E-state index is -3.77. The first kappa shape index (κ1) is 22.2. The Morgan fingerprint density at radius 2 is 1.63 bits per heavy atom. The molecule has 1 amide bonds. The molecular weight excluding hydrogens is 440 g/mol. The molecule has 5 nitrogen and oxygen atoms in total. The summed E-state index contributed by atoms with van der Waals surface area (Å²) in [5.41, 5.74) is 2.77. The van der Waals surface area contributed by atoms with Crippen molar-refractivity contribution in [2.45, 2.75) is 23.6 Å². The molecule has 3 aromatic rings. The summed E-state index contributed by atoms with van der Waals surface area (Å²) in [6, 6.07) is 19.0. The number of benzene rings is 3. The molecule has 2 N–H and O–H groups in total. The Morgan fingerprint density at radius 3 is 2.30 bits per heavy atom. The predicted octanol–water partition coefficient (Wildman–Crippen LogP) is 5.49. The molecule has 3 aromatic carbocycles. The molecule has 0 aliphatic rings. The van der Waals surface area contributed by atoms with Crippen LogP contribution in [0.15, 0.2) is 76.5 Å². The van der Waals surface area contributed by atoms with Gasteiger partial charge in [-0.3, -0.25) is 9.52 Å². The fraction of sp³-hybridized carbons (Fsp3) is 0.136. The van der Waals surface area contributed by atoms with Gasteiger partial charge in [-0.05, 0) is 67.9 Å². The lowest BCUT2D eigenvalue weighted by molar-refractivity contribution is -0.113. The van der Waals surface area contributed by atoms with E-state index in [9.17, 15) is 13.2 Å². The highest BCUT2D eigenvalue weighted by Gasteiger charge is 2.16. The second-order valence-electron chi connectivity index (χ2n) is 6.69. The van der Waals surface area contributed by atoms with Gasteiger partial charge in [-0.15, -0.1) is 11.8 Å². The van der Waals surface area contributed by atoms with Crippen molar-refractivity contribution in [3.63, 3.8) is 0 Å². The van der Waals surface area contributed by atoms with E-state index in [0.717, 1.165) is 4.90 Å². The van der Waals surface area contributed by atoms with Crippen molar-refractivity contribution in [2.75, 3.05) is 15.8 Å². The SMILES string of the molecule is Cc1ccc(SCC(=O)Nc2ccc(S(=O)(=O)Nc3cccc(Cl)c3C)cc2)cc1. The zero-order chi connectivity index (χ0) is 21.7. The average Bonchev–Trinajstić information content (AvgIpc) is 2.71. The molecule has 0 saturated heterocycles. The number of hydrogen-bond donors (Lipinski definition) is 2. The van der Waals surface area contributed by atoms with Crippen LogP contribution in [0.3, 0.4) is 0 Å². The van der Waals surface area contributed by atoms with Crippen LogP contribution in [0.25, 0.3) is 0 Å². The molecular formula is C22H21ClN2O3S2. The number of halogens is 1. The zero-order valence-electron chi connectivity index (χ0n) is 16.5. The van der Waals surface area contributed by atoms with Gasteiger partial charge in [-0.1, -0.05) is 35.4 Å². The smallest absolute Gasteiger partial charge is 0.261 e. The van der Waals surface area contributed by atoms with E-state index in [1.165, 1.54) is 29.5 Å². The van der Waals surface area contributed by atoms with Crippen molar-refractivity contribution in [1.82, 2.24) is 0 Å². The quantitative estimate of drug-likeness (QED) is 0.457. The average molecular weight is 461 g/mol. The molecule has 0 saturated carbocycles. The predicted molar refractivity (Wildman–Crippen MR) is 124 cm³/mol. The number of rotatable bonds is 7. The van der Waals surface area contributed by atoms with Crippen LogP contribution >= 0.6 is 23.4 Å². The monoisotopic (exact) mass is 460 g/mol. The number of anilines is 2. The normalized spacial score (nSPS) is 11.2. The molecule has 30 heavy (non-hydrogen) atoms. The zero-order valence-corrected chi connectivity index (χ0v) is 18.9. The first-order valence-corrected chi connectivity index (χ1v) is 12.0. The van der Waals surface area contributed by atoms with Crippen molar-refractivity contribution in [2.24, 2.45) is 0 Å². The van der Waals surface area contributed by atoms with Crippen molar-refractivity contribution in [1.29, 1.82) is 0 Å². The van der Waals surface area contributed by atoms with Crippen LogP contribution in [0.4, 0.5) is 11.4 Å². The van der Waals surface area contributed by atoms with Crippen molar-refractivity contribution < 1.29 is 13.2 Å². The van der Waals surface area contributed by atoms with Gasteiger partial charge in [-0.2, -0.15) is 0 Å². The van der Waals surface area contributed by atoms with E-state index in [2.05, 4.69) is 10.0 Å². The lowest BCUT2D eigenvalue weighted by Gasteiger charge is -2.12. The highest BCUT2D eigenvalue weighted by atomic mass is 35.5. The minimum absolute atomic E-state index is 0.0916. The number of carbonyl (C=O) groups is 1. The van der Waals surface area contributed by atoms with Gasteiger partial charge in [0.2, 0.25) is 5.91 Å². The van der Waals surface area contributed by atoms with Crippen LogP contribution < -0.4 is 10.0 Å². The van der Waals surface area contributed by atoms with E-state index in [-0.39, 0.29) is 16.6 Å².